The smallest absolute Gasteiger partial charge is 0.211 e. The Labute approximate surface area is 84.7 Å². The zero-order valence-corrected chi connectivity index (χ0v) is 8.71. The highest BCUT2D eigenvalue weighted by Gasteiger charge is 1.97. The summed E-state index contributed by atoms with van der Waals surface area (Å²) in [6.07, 6.45) is 3.45. The number of carbonyl (C=O) groups excluding carboxylic acids is 1. The molecular formula is C12H15NO. The second-order valence-corrected chi connectivity index (χ2v) is 3.51. The van der Waals surface area contributed by atoms with E-state index in [1.807, 2.05) is 0 Å². The molecule has 0 saturated heterocycles. The zero-order chi connectivity index (χ0) is 10.4. The first-order chi connectivity index (χ1) is 6.74. The van der Waals surface area contributed by atoms with Gasteiger partial charge in [0, 0.05) is 0 Å². The van der Waals surface area contributed by atoms with Gasteiger partial charge in [-0.3, -0.25) is 0 Å². The average Bonchev–Trinajstić information content (AvgIpc) is 2.15. The van der Waals surface area contributed by atoms with Gasteiger partial charge in [-0.2, -0.15) is 0 Å². The van der Waals surface area contributed by atoms with E-state index in [0.29, 0.717) is 6.54 Å². The highest BCUT2D eigenvalue weighted by molar-refractivity contribution is 5.33. The van der Waals surface area contributed by atoms with E-state index in [4.69, 9.17) is 0 Å². The molecule has 1 aromatic carbocycles. The maximum atomic E-state index is 9.84. The molecule has 0 N–H and O–H groups in total. The Kier molecular flexibility index (Phi) is 4.09. The van der Waals surface area contributed by atoms with Crippen LogP contribution < -0.4 is 0 Å². The predicted octanol–water partition coefficient (Wildman–Crippen LogP) is 2.57. The van der Waals surface area contributed by atoms with Gasteiger partial charge in [0.25, 0.3) is 0 Å². The van der Waals surface area contributed by atoms with E-state index in [1.54, 1.807) is 6.08 Å². The molecule has 0 spiro atoms. The second kappa shape index (κ2) is 5.36. The van der Waals surface area contributed by atoms with Gasteiger partial charge in [0.15, 0.2) is 0 Å². The normalized spacial score (nSPS) is 9.57. The Morgan fingerprint density at radius 3 is 2.79 bits per heavy atom. The van der Waals surface area contributed by atoms with Gasteiger partial charge >= 0.3 is 0 Å². The number of aryl methyl sites for hydroxylation is 3. The minimum absolute atomic E-state index is 0.580. The van der Waals surface area contributed by atoms with E-state index in [-0.39, 0.29) is 0 Å². The average molecular weight is 189 g/mol. The Morgan fingerprint density at radius 1 is 1.36 bits per heavy atom. The van der Waals surface area contributed by atoms with Crippen LogP contribution in [0.1, 0.15) is 23.1 Å². The van der Waals surface area contributed by atoms with Crippen LogP contribution in [0.5, 0.6) is 0 Å². The Hall–Kier alpha value is -1.40. The van der Waals surface area contributed by atoms with E-state index in [9.17, 15) is 4.79 Å². The van der Waals surface area contributed by atoms with Crippen molar-refractivity contribution in [3.63, 3.8) is 0 Å². The van der Waals surface area contributed by atoms with Gasteiger partial charge in [-0.05, 0) is 37.8 Å². The lowest BCUT2D eigenvalue weighted by Crippen LogP contribution is -1.92. The van der Waals surface area contributed by atoms with Crippen molar-refractivity contribution < 1.29 is 4.79 Å². The van der Waals surface area contributed by atoms with Crippen LogP contribution in [0.2, 0.25) is 0 Å². The molecule has 1 rings (SSSR count). The van der Waals surface area contributed by atoms with Gasteiger partial charge in [0.05, 0.1) is 6.54 Å². The third-order valence-electron chi connectivity index (χ3n) is 2.28. The van der Waals surface area contributed by atoms with Crippen LogP contribution in [0.3, 0.4) is 0 Å². The SMILES string of the molecule is Cc1ccc(CCCN=C=O)c(C)c1. The van der Waals surface area contributed by atoms with Crippen molar-refractivity contribution in [1.82, 2.24) is 0 Å². The Balaban J connectivity index is 2.54. The number of hydrogen-bond acceptors (Lipinski definition) is 2. The third-order valence-corrected chi connectivity index (χ3v) is 2.28. The van der Waals surface area contributed by atoms with Crippen molar-refractivity contribution >= 4 is 6.08 Å². The lowest BCUT2D eigenvalue weighted by molar-refractivity contribution is 0.562. The molecule has 0 aliphatic heterocycles. The van der Waals surface area contributed by atoms with Crippen LogP contribution in [0.25, 0.3) is 0 Å². The molecule has 0 heterocycles. The number of benzene rings is 1. The number of nitrogens with zero attached hydrogens (tertiary/aromatic N) is 1. The monoisotopic (exact) mass is 189 g/mol. The molecule has 0 unspecified atom stereocenters. The van der Waals surface area contributed by atoms with Crippen LogP contribution in [-0.2, 0) is 11.2 Å². The van der Waals surface area contributed by atoms with Gasteiger partial charge in [-0.25, -0.2) is 9.79 Å². The number of rotatable bonds is 4. The molecule has 0 amide bonds. The van der Waals surface area contributed by atoms with Gasteiger partial charge < -0.3 is 0 Å². The first-order valence-electron chi connectivity index (χ1n) is 4.84. The van der Waals surface area contributed by atoms with Crippen molar-refractivity contribution in [2.24, 2.45) is 4.99 Å². The minimum Gasteiger partial charge on any atom is -0.211 e. The summed E-state index contributed by atoms with van der Waals surface area (Å²) in [7, 11) is 0. The zero-order valence-electron chi connectivity index (χ0n) is 8.71. The summed E-state index contributed by atoms with van der Waals surface area (Å²) >= 11 is 0. The first-order valence-corrected chi connectivity index (χ1v) is 4.84. The molecule has 0 radical (unpaired) electrons. The van der Waals surface area contributed by atoms with Crippen LogP contribution in [-0.4, -0.2) is 12.6 Å². The molecule has 0 atom stereocenters. The molecule has 0 aliphatic rings. The highest BCUT2D eigenvalue weighted by atomic mass is 16.1. The molecule has 2 heteroatoms. The van der Waals surface area contributed by atoms with E-state index in [2.05, 4.69) is 37.0 Å². The molecule has 2 nitrogen and oxygen atoms in total. The van der Waals surface area contributed by atoms with Gasteiger partial charge in [-0.1, -0.05) is 23.8 Å². The highest BCUT2D eigenvalue weighted by Crippen LogP contribution is 2.12. The fraction of sp³-hybridized carbons (Fsp3) is 0.417. The quantitative estimate of drug-likeness (QED) is 0.406. The first kappa shape index (κ1) is 10.7. The fourth-order valence-corrected chi connectivity index (χ4v) is 1.52. The second-order valence-electron chi connectivity index (χ2n) is 3.51. The maximum absolute atomic E-state index is 9.84. The van der Waals surface area contributed by atoms with Crippen LogP contribution >= 0.6 is 0 Å². The summed E-state index contributed by atoms with van der Waals surface area (Å²) in [5.74, 6) is 0. The molecule has 0 bridgehead atoms. The topological polar surface area (TPSA) is 29.4 Å². The molecule has 0 fully saturated rings. The summed E-state index contributed by atoms with van der Waals surface area (Å²) in [5, 5.41) is 0. The molecule has 0 saturated carbocycles. The molecule has 0 aromatic heterocycles. The van der Waals surface area contributed by atoms with E-state index >= 15 is 0 Å². The lowest BCUT2D eigenvalue weighted by Gasteiger charge is -2.05. The molecule has 14 heavy (non-hydrogen) atoms. The number of isocyanates is 1. The number of hydrogen-bond donors (Lipinski definition) is 0. The summed E-state index contributed by atoms with van der Waals surface area (Å²) in [5.41, 5.74) is 3.95. The van der Waals surface area contributed by atoms with Crippen LogP contribution in [0, 0.1) is 13.8 Å². The minimum atomic E-state index is 0.580. The Bertz CT molecular complexity index is 351. The van der Waals surface area contributed by atoms with Crippen molar-refractivity contribution in [1.29, 1.82) is 0 Å². The van der Waals surface area contributed by atoms with Crippen molar-refractivity contribution in [2.45, 2.75) is 26.7 Å². The summed E-state index contributed by atoms with van der Waals surface area (Å²) in [4.78, 5) is 13.4. The molecule has 1 aromatic rings. The number of aliphatic imine (C=N–C) groups is 1. The predicted molar refractivity (Wildman–Crippen MR) is 57.2 cm³/mol. The molecule has 74 valence electrons. The van der Waals surface area contributed by atoms with Gasteiger partial charge in [0.1, 0.15) is 0 Å². The van der Waals surface area contributed by atoms with Gasteiger partial charge in [0.2, 0.25) is 6.08 Å². The largest absolute Gasteiger partial charge is 0.234 e. The standard InChI is InChI=1S/C12H15NO/c1-10-5-6-12(11(2)8-10)4-3-7-13-9-14/h5-6,8H,3-4,7H2,1-2H3. The van der Waals surface area contributed by atoms with E-state index < -0.39 is 0 Å². The summed E-state index contributed by atoms with van der Waals surface area (Å²) < 4.78 is 0. The van der Waals surface area contributed by atoms with Crippen LogP contribution in [0.15, 0.2) is 23.2 Å². The van der Waals surface area contributed by atoms with Crippen molar-refractivity contribution in [3.05, 3.63) is 34.9 Å². The third kappa shape index (κ3) is 3.15. The van der Waals surface area contributed by atoms with E-state index in [0.717, 1.165) is 12.8 Å². The molecular weight excluding hydrogens is 174 g/mol. The van der Waals surface area contributed by atoms with Gasteiger partial charge in [-0.15, -0.1) is 0 Å². The van der Waals surface area contributed by atoms with Crippen LogP contribution in [0.4, 0.5) is 0 Å². The summed E-state index contributed by atoms with van der Waals surface area (Å²) in [6.45, 7) is 4.79. The van der Waals surface area contributed by atoms with Crippen molar-refractivity contribution in [2.75, 3.05) is 6.54 Å². The van der Waals surface area contributed by atoms with Crippen molar-refractivity contribution in [3.8, 4) is 0 Å². The van der Waals surface area contributed by atoms with E-state index in [1.165, 1.54) is 16.7 Å². The molecule has 0 aliphatic carbocycles. The maximum Gasteiger partial charge on any atom is 0.234 e. The Morgan fingerprint density at radius 2 is 2.14 bits per heavy atom. The lowest BCUT2D eigenvalue weighted by atomic mass is 10.0. The summed E-state index contributed by atoms with van der Waals surface area (Å²) in [6, 6.07) is 6.44. The fourth-order valence-electron chi connectivity index (χ4n) is 1.52.